The SMILES string of the molecule is C=C1NC(=O)C(C)=CN1C(O)C[C@H]1OC[C@H]1C. The molecule has 2 N–H and O–H groups in total. The van der Waals surface area contributed by atoms with Gasteiger partial charge in [-0.1, -0.05) is 13.5 Å². The van der Waals surface area contributed by atoms with Crippen LogP contribution in [0.2, 0.25) is 0 Å². The van der Waals surface area contributed by atoms with Gasteiger partial charge < -0.3 is 20.1 Å². The lowest BCUT2D eigenvalue weighted by Crippen LogP contribution is -2.47. The van der Waals surface area contributed by atoms with Crippen LogP contribution >= 0.6 is 0 Å². The monoisotopic (exact) mass is 238 g/mol. The van der Waals surface area contributed by atoms with E-state index in [2.05, 4.69) is 18.8 Å². The van der Waals surface area contributed by atoms with Gasteiger partial charge in [-0.3, -0.25) is 4.79 Å². The molecule has 5 nitrogen and oxygen atoms in total. The van der Waals surface area contributed by atoms with Crippen molar-refractivity contribution in [1.82, 2.24) is 10.2 Å². The van der Waals surface area contributed by atoms with E-state index in [9.17, 15) is 9.90 Å². The molecule has 1 amide bonds. The molecule has 0 radical (unpaired) electrons. The van der Waals surface area contributed by atoms with E-state index in [0.29, 0.717) is 23.7 Å². The topological polar surface area (TPSA) is 61.8 Å². The normalized spacial score (nSPS) is 30.5. The third-order valence-corrected chi connectivity index (χ3v) is 3.23. The van der Waals surface area contributed by atoms with Crippen molar-refractivity contribution in [2.75, 3.05) is 6.61 Å². The van der Waals surface area contributed by atoms with Gasteiger partial charge in [-0.05, 0) is 6.92 Å². The fourth-order valence-corrected chi connectivity index (χ4v) is 1.95. The molecule has 2 rings (SSSR count). The molecule has 0 aromatic carbocycles. The van der Waals surface area contributed by atoms with Gasteiger partial charge in [0.15, 0.2) is 0 Å². The number of rotatable bonds is 3. The minimum absolute atomic E-state index is 0.0872. The van der Waals surface area contributed by atoms with Gasteiger partial charge in [0.05, 0.1) is 12.7 Å². The molecule has 0 aromatic rings. The molecular weight excluding hydrogens is 220 g/mol. The zero-order chi connectivity index (χ0) is 12.6. The molecule has 2 heterocycles. The first-order chi connectivity index (χ1) is 7.99. The summed E-state index contributed by atoms with van der Waals surface area (Å²) in [6, 6.07) is 0. The van der Waals surface area contributed by atoms with Gasteiger partial charge in [-0.2, -0.15) is 0 Å². The Balaban J connectivity index is 2.01. The van der Waals surface area contributed by atoms with Crippen LogP contribution in [0.1, 0.15) is 20.3 Å². The Morgan fingerprint density at radius 1 is 1.76 bits per heavy atom. The Morgan fingerprint density at radius 2 is 2.47 bits per heavy atom. The summed E-state index contributed by atoms with van der Waals surface area (Å²) >= 11 is 0. The Morgan fingerprint density at radius 3 is 3.00 bits per heavy atom. The van der Waals surface area contributed by atoms with Crippen LogP contribution in [0.4, 0.5) is 0 Å². The van der Waals surface area contributed by atoms with Crippen LogP contribution in [-0.4, -0.2) is 34.9 Å². The zero-order valence-corrected chi connectivity index (χ0v) is 10.1. The van der Waals surface area contributed by atoms with Crippen LogP contribution in [0.3, 0.4) is 0 Å². The Kier molecular flexibility index (Phi) is 3.22. The highest BCUT2D eigenvalue weighted by molar-refractivity contribution is 5.94. The molecule has 0 saturated carbocycles. The van der Waals surface area contributed by atoms with Crippen molar-refractivity contribution >= 4 is 5.91 Å². The molecule has 3 atom stereocenters. The fraction of sp³-hybridized carbons (Fsp3) is 0.583. The molecule has 1 fully saturated rings. The fourth-order valence-electron chi connectivity index (χ4n) is 1.95. The summed E-state index contributed by atoms with van der Waals surface area (Å²) in [5.41, 5.74) is 0.555. The van der Waals surface area contributed by atoms with Crippen LogP contribution < -0.4 is 5.32 Å². The van der Waals surface area contributed by atoms with Crippen molar-refractivity contribution in [3.63, 3.8) is 0 Å². The predicted molar refractivity (Wildman–Crippen MR) is 62.4 cm³/mol. The van der Waals surface area contributed by atoms with E-state index in [1.165, 1.54) is 0 Å². The van der Waals surface area contributed by atoms with E-state index in [4.69, 9.17) is 4.74 Å². The van der Waals surface area contributed by atoms with Crippen LogP contribution in [0.25, 0.3) is 0 Å². The maximum absolute atomic E-state index is 11.3. The minimum Gasteiger partial charge on any atom is -0.377 e. The number of hydrogen-bond acceptors (Lipinski definition) is 4. The van der Waals surface area contributed by atoms with Gasteiger partial charge in [-0.15, -0.1) is 0 Å². The highest BCUT2D eigenvalue weighted by Crippen LogP contribution is 2.26. The first-order valence-corrected chi connectivity index (χ1v) is 5.75. The van der Waals surface area contributed by atoms with Gasteiger partial charge in [0.25, 0.3) is 5.91 Å². The zero-order valence-electron chi connectivity index (χ0n) is 10.1. The first kappa shape index (κ1) is 12.1. The van der Waals surface area contributed by atoms with Gasteiger partial charge >= 0.3 is 0 Å². The number of carbonyl (C=O) groups is 1. The molecule has 2 aliphatic heterocycles. The molecule has 17 heavy (non-hydrogen) atoms. The van der Waals surface area contributed by atoms with Crippen molar-refractivity contribution in [3.8, 4) is 0 Å². The second-order valence-electron chi connectivity index (χ2n) is 4.69. The summed E-state index contributed by atoms with van der Waals surface area (Å²) in [7, 11) is 0. The lowest BCUT2D eigenvalue weighted by molar-refractivity contribution is -0.136. The largest absolute Gasteiger partial charge is 0.377 e. The highest BCUT2D eigenvalue weighted by Gasteiger charge is 2.33. The van der Waals surface area contributed by atoms with Crippen molar-refractivity contribution in [2.24, 2.45) is 5.92 Å². The number of carbonyl (C=O) groups excluding carboxylic acids is 1. The number of aliphatic hydroxyl groups is 1. The average Bonchev–Trinajstić information content (AvgIpc) is 2.28. The van der Waals surface area contributed by atoms with E-state index >= 15 is 0 Å². The van der Waals surface area contributed by atoms with Gasteiger partial charge in [-0.25, -0.2) is 0 Å². The highest BCUT2D eigenvalue weighted by atomic mass is 16.5. The molecule has 0 aromatic heterocycles. The minimum atomic E-state index is -0.717. The summed E-state index contributed by atoms with van der Waals surface area (Å²) in [5, 5.41) is 12.7. The van der Waals surface area contributed by atoms with Crippen LogP contribution in [-0.2, 0) is 9.53 Å². The quantitative estimate of drug-likeness (QED) is 0.753. The molecule has 1 saturated heterocycles. The third kappa shape index (κ3) is 2.35. The number of nitrogens with zero attached hydrogens (tertiary/aromatic N) is 1. The molecule has 0 spiro atoms. The Labute approximate surface area is 101 Å². The first-order valence-electron chi connectivity index (χ1n) is 5.75. The van der Waals surface area contributed by atoms with Crippen LogP contribution in [0, 0.1) is 5.92 Å². The van der Waals surface area contributed by atoms with Crippen molar-refractivity contribution in [1.29, 1.82) is 0 Å². The van der Waals surface area contributed by atoms with E-state index in [-0.39, 0.29) is 12.0 Å². The van der Waals surface area contributed by atoms with E-state index in [1.807, 2.05) is 0 Å². The van der Waals surface area contributed by atoms with Crippen molar-refractivity contribution in [3.05, 3.63) is 24.2 Å². The summed E-state index contributed by atoms with van der Waals surface area (Å²) < 4.78 is 5.36. The molecule has 2 aliphatic rings. The maximum atomic E-state index is 11.3. The number of ether oxygens (including phenoxy) is 1. The number of hydrogen-bond donors (Lipinski definition) is 2. The molecule has 5 heteroatoms. The van der Waals surface area contributed by atoms with E-state index in [1.54, 1.807) is 18.0 Å². The molecule has 0 aliphatic carbocycles. The Bertz CT molecular complexity index is 378. The number of aliphatic hydroxyl groups excluding tert-OH is 1. The number of nitrogens with one attached hydrogen (secondary N) is 1. The van der Waals surface area contributed by atoms with Crippen molar-refractivity contribution < 1.29 is 14.6 Å². The summed E-state index contributed by atoms with van der Waals surface area (Å²) in [5.74, 6) is 0.703. The van der Waals surface area contributed by atoms with E-state index in [0.717, 1.165) is 6.61 Å². The van der Waals surface area contributed by atoms with Gasteiger partial charge in [0.2, 0.25) is 0 Å². The van der Waals surface area contributed by atoms with Crippen LogP contribution in [0.15, 0.2) is 24.2 Å². The van der Waals surface area contributed by atoms with E-state index < -0.39 is 6.23 Å². The lowest BCUT2D eigenvalue weighted by atomic mass is 9.96. The third-order valence-electron chi connectivity index (χ3n) is 3.23. The predicted octanol–water partition coefficient (Wildman–Crippen LogP) is 0.537. The van der Waals surface area contributed by atoms with Gasteiger partial charge in [0.1, 0.15) is 12.0 Å². The molecule has 0 bridgehead atoms. The molecule has 1 unspecified atom stereocenters. The average molecular weight is 238 g/mol. The standard InChI is InChI=1S/C12H18N2O3/c1-7-5-14(9(3)13-12(7)16)11(15)4-10-8(2)6-17-10/h5,8,10-11,15H,3-4,6H2,1-2H3,(H,13,16)/t8-,10-,11?/m1/s1. The van der Waals surface area contributed by atoms with Crippen molar-refractivity contribution in [2.45, 2.75) is 32.6 Å². The number of amides is 1. The maximum Gasteiger partial charge on any atom is 0.253 e. The Hall–Kier alpha value is -1.33. The lowest BCUT2D eigenvalue weighted by Gasteiger charge is -2.39. The summed E-state index contributed by atoms with van der Waals surface area (Å²) in [6.45, 7) is 8.26. The van der Waals surface area contributed by atoms with Gasteiger partial charge in [0, 0.05) is 24.1 Å². The summed E-state index contributed by atoms with van der Waals surface area (Å²) in [6.07, 6.45) is 1.50. The molecule has 94 valence electrons. The smallest absolute Gasteiger partial charge is 0.253 e. The molecular formula is C12H18N2O3. The second-order valence-corrected chi connectivity index (χ2v) is 4.69. The summed E-state index contributed by atoms with van der Waals surface area (Å²) in [4.78, 5) is 12.9. The second kappa shape index (κ2) is 4.50. The van der Waals surface area contributed by atoms with Crippen LogP contribution in [0.5, 0.6) is 0 Å².